The van der Waals surface area contributed by atoms with Crippen LogP contribution in [0, 0.1) is 10.1 Å². The van der Waals surface area contributed by atoms with Crippen LogP contribution in [0.3, 0.4) is 0 Å². The Labute approximate surface area is 260 Å². The zero-order valence-electron chi connectivity index (χ0n) is 25.4. The number of hydrogen-bond donors (Lipinski definition) is 0. The van der Waals surface area contributed by atoms with Gasteiger partial charge in [-0.1, -0.05) is 17.4 Å². The summed E-state index contributed by atoms with van der Waals surface area (Å²) in [5, 5.41) is 11.7. The Kier molecular flexibility index (Phi) is 10.2. The highest BCUT2D eigenvalue weighted by Crippen LogP contribution is 2.37. The normalized spacial score (nSPS) is 14.3. The highest BCUT2D eigenvalue weighted by atomic mass is 32.1. The van der Waals surface area contributed by atoms with E-state index in [0.29, 0.717) is 11.3 Å². The number of methoxy groups -OCH3 is 3. The maximum absolute atomic E-state index is 14.1. The van der Waals surface area contributed by atoms with Crippen LogP contribution in [0.2, 0.25) is 0 Å². The number of fused-ring (bicyclic) bond motifs is 1. The highest BCUT2D eigenvalue weighted by Gasteiger charge is 2.34. The first kappa shape index (κ1) is 32.7. The Morgan fingerprint density at radius 1 is 1.02 bits per heavy atom. The minimum atomic E-state index is -0.983. The van der Waals surface area contributed by atoms with Gasteiger partial charge in [-0.25, -0.2) is 14.6 Å². The summed E-state index contributed by atoms with van der Waals surface area (Å²) >= 11 is 1.04. The summed E-state index contributed by atoms with van der Waals surface area (Å²) < 4.78 is 33.5. The predicted molar refractivity (Wildman–Crippen MR) is 162 cm³/mol. The quantitative estimate of drug-likeness (QED) is 0.162. The van der Waals surface area contributed by atoms with Crippen molar-refractivity contribution in [1.29, 1.82) is 0 Å². The molecule has 4 rings (SSSR count). The molecule has 0 saturated carbocycles. The molecule has 0 N–H and O–H groups in total. The summed E-state index contributed by atoms with van der Waals surface area (Å²) in [5.41, 5.74) is 0.397. The fraction of sp³-hybridized carbons (Fsp3) is 0.333. The molecule has 0 aliphatic carbocycles. The van der Waals surface area contributed by atoms with Crippen LogP contribution in [0.25, 0.3) is 6.08 Å². The lowest BCUT2D eigenvalue weighted by Gasteiger charge is -2.25. The second-order valence-corrected chi connectivity index (χ2v) is 10.3. The van der Waals surface area contributed by atoms with Crippen LogP contribution in [0.4, 0.5) is 5.69 Å². The Bertz CT molecular complexity index is 1860. The molecule has 15 heteroatoms. The molecule has 2 aromatic carbocycles. The van der Waals surface area contributed by atoms with Gasteiger partial charge < -0.3 is 28.4 Å². The zero-order chi connectivity index (χ0) is 32.8. The number of carbonyl (C=O) groups is 2. The van der Waals surface area contributed by atoms with Crippen LogP contribution < -0.4 is 33.8 Å². The number of benzene rings is 2. The summed E-state index contributed by atoms with van der Waals surface area (Å²) in [4.78, 5) is 55.0. The molecule has 0 radical (unpaired) electrons. The summed E-state index contributed by atoms with van der Waals surface area (Å²) in [6, 6.07) is 6.47. The molecule has 0 amide bonds. The average Bonchev–Trinajstić information content (AvgIpc) is 3.32. The Hall–Kier alpha value is -5.18. The number of ether oxygens (including phenoxy) is 6. The number of allylic oxidation sites excluding steroid dienone is 1. The van der Waals surface area contributed by atoms with Crippen LogP contribution in [0.5, 0.6) is 23.0 Å². The van der Waals surface area contributed by atoms with Crippen LogP contribution in [-0.4, -0.2) is 62.6 Å². The van der Waals surface area contributed by atoms with Gasteiger partial charge in [0.05, 0.1) is 61.3 Å². The summed E-state index contributed by atoms with van der Waals surface area (Å²) in [6.07, 6.45) is 1.46. The predicted octanol–water partition coefficient (Wildman–Crippen LogP) is 2.67. The van der Waals surface area contributed by atoms with Crippen LogP contribution in [0.1, 0.15) is 37.9 Å². The fourth-order valence-electron chi connectivity index (χ4n) is 4.69. The van der Waals surface area contributed by atoms with E-state index in [1.807, 2.05) is 0 Å². The van der Waals surface area contributed by atoms with Crippen molar-refractivity contribution in [1.82, 2.24) is 4.57 Å². The number of hydrogen-bond acceptors (Lipinski definition) is 13. The van der Waals surface area contributed by atoms with Crippen molar-refractivity contribution in [2.24, 2.45) is 4.99 Å². The summed E-state index contributed by atoms with van der Waals surface area (Å²) in [5.74, 6) is -0.481. The van der Waals surface area contributed by atoms with Crippen molar-refractivity contribution >= 4 is 35.0 Å². The van der Waals surface area contributed by atoms with Crippen molar-refractivity contribution in [3.8, 4) is 23.0 Å². The van der Waals surface area contributed by atoms with E-state index >= 15 is 0 Å². The molecule has 0 unspecified atom stereocenters. The molecule has 0 spiro atoms. The number of nitro benzene ring substituents is 1. The number of esters is 2. The van der Waals surface area contributed by atoms with Gasteiger partial charge in [-0.05, 0) is 44.5 Å². The molecule has 3 aromatic rings. The van der Waals surface area contributed by atoms with Gasteiger partial charge in [0.25, 0.3) is 5.56 Å². The van der Waals surface area contributed by atoms with Gasteiger partial charge in [0.2, 0.25) is 5.75 Å². The molecule has 14 nitrogen and oxygen atoms in total. The Balaban J connectivity index is 1.95. The lowest BCUT2D eigenvalue weighted by Crippen LogP contribution is -2.40. The van der Waals surface area contributed by atoms with E-state index in [0.717, 1.165) is 11.3 Å². The van der Waals surface area contributed by atoms with Crippen LogP contribution in [0.15, 0.2) is 51.4 Å². The summed E-state index contributed by atoms with van der Waals surface area (Å²) in [7, 11) is 3.94. The smallest absolute Gasteiger partial charge is 0.343 e. The largest absolute Gasteiger partial charge is 0.496 e. The van der Waals surface area contributed by atoms with E-state index in [1.165, 1.54) is 44.1 Å². The Morgan fingerprint density at radius 3 is 2.38 bits per heavy atom. The van der Waals surface area contributed by atoms with Crippen molar-refractivity contribution in [3.05, 3.63) is 82.5 Å². The molecule has 238 valence electrons. The molecule has 1 aliphatic rings. The van der Waals surface area contributed by atoms with E-state index < -0.39 is 28.5 Å². The van der Waals surface area contributed by atoms with Crippen LogP contribution in [-0.2, 0) is 19.1 Å². The van der Waals surface area contributed by atoms with E-state index in [2.05, 4.69) is 9.73 Å². The van der Waals surface area contributed by atoms with Gasteiger partial charge in [0.1, 0.15) is 5.75 Å². The third-order valence-corrected chi connectivity index (χ3v) is 7.67. The minimum Gasteiger partial charge on any atom is -0.496 e. The number of thiazole rings is 1. The standard InChI is InChI=1S/C30H31N3O11S/c1-7-42-23-12-17(9-10-20(23)44-15-25(34)41-6)27-26(29(36)43-8-2)16(3)31-30-32(27)28(35)24(45-30)13-18-11-19(33(37)38)22(40-5)14-21(18)39-4/h9-14,27H,7-8,15H2,1-6H3/b24-13-/t27-/m1/s1. The lowest BCUT2D eigenvalue weighted by molar-refractivity contribution is -0.385. The first-order valence-corrected chi connectivity index (χ1v) is 14.5. The molecule has 0 bridgehead atoms. The van der Waals surface area contributed by atoms with E-state index in [1.54, 1.807) is 39.0 Å². The molecular weight excluding hydrogens is 610 g/mol. The second kappa shape index (κ2) is 14.1. The first-order chi connectivity index (χ1) is 21.6. The van der Waals surface area contributed by atoms with Crippen LogP contribution >= 0.6 is 11.3 Å². The fourth-order valence-corrected chi connectivity index (χ4v) is 5.73. The molecule has 0 fully saturated rings. The van der Waals surface area contributed by atoms with E-state index in [4.69, 9.17) is 23.7 Å². The van der Waals surface area contributed by atoms with E-state index in [9.17, 15) is 24.5 Å². The molecular formula is C30H31N3O11S. The molecule has 1 atom stereocenters. The van der Waals surface area contributed by atoms with Gasteiger partial charge >= 0.3 is 17.6 Å². The third kappa shape index (κ3) is 6.67. The van der Waals surface area contributed by atoms with Crippen molar-refractivity contribution in [2.45, 2.75) is 26.8 Å². The number of nitro groups is 1. The van der Waals surface area contributed by atoms with Gasteiger partial charge in [0.15, 0.2) is 22.9 Å². The number of carbonyl (C=O) groups excluding carboxylic acids is 2. The molecule has 0 saturated heterocycles. The summed E-state index contributed by atoms with van der Waals surface area (Å²) in [6.45, 7) is 5.07. The minimum absolute atomic E-state index is 0.00530. The SMILES string of the molecule is CCOC(=O)C1=C(C)N=c2s/c(=C\c3cc([N+](=O)[O-])c(OC)cc3OC)c(=O)n2[C@@H]1c1ccc(OCC(=O)OC)c(OCC)c1. The number of rotatable bonds is 12. The number of nitrogens with zero attached hydrogens (tertiary/aromatic N) is 3. The van der Waals surface area contributed by atoms with E-state index in [-0.39, 0.29) is 69.0 Å². The Morgan fingerprint density at radius 2 is 1.76 bits per heavy atom. The molecule has 45 heavy (non-hydrogen) atoms. The number of aromatic nitrogens is 1. The van der Waals surface area contributed by atoms with Crippen molar-refractivity contribution in [2.75, 3.05) is 41.2 Å². The molecule has 1 aliphatic heterocycles. The monoisotopic (exact) mass is 641 g/mol. The lowest BCUT2D eigenvalue weighted by atomic mass is 9.95. The van der Waals surface area contributed by atoms with Gasteiger partial charge in [-0.3, -0.25) is 19.5 Å². The van der Waals surface area contributed by atoms with Gasteiger partial charge in [-0.15, -0.1) is 0 Å². The topological polar surface area (TPSA) is 167 Å². The second-order valence-electron chi connectivity index (χ2n) is 9.33. The molecule has 2 heterocycles. The highest BCUT2D eigenvalue weighted by molar-refractivity contribution is 7.07. The zero-order valence-corrected chi connectivity index (χ0v) is 26.2. The van der Waals surface area contributed by atoms with Crippen molar-refractivity contribution in [3.63, 3.8) is 0 Å². The average molecular weight is 642 g/mol. The molecule has 1 aromatic heterocycles. The first-order valence-electron chi connectivity index (χ1n) is 13.6. The van der Waals surface area contributed by atoms with Gasteiger partial charge in [0, 0.05) is 17.7 Å². The van der Waals surface area contributed by atoms with Crippen molar-refractivity contribution < 1.29 is 42.9 Å². The third-order valence-electron chi connectivity index (χ3n) is 6.69. The maximum atomic E-state index is 14.1. The maximum Gasteiger partial charge on any atom is 0.343 e. The van der Waals surface area contributed by atoms with Gasteiger partial charge in [-0.2, -0.15) is 0 Å².